The molecule has 0 amide bonds. The van der Waals surface area contributed by atoms with Gasteiger partial charge in [0, 0.05) is 18.3 Å². The Labute approximate surface area is 131 Å². The molecular weight excluding hydrogens is 302 g/mol. The Hall–Kier alpha value is -1.72. The molecule has 1 saturated carbocycles. The topological polar surface area (TPSA) is 108 Å². The highest BCUT2D eigenvalue weighted by Gasteiger charge is 2.49. The summed E-state index contributed by atoms with van der Waals surface area (Å²) in [6, 6.07) is 3.43. The number of hydrogen-bond acceptors (Lipinski definition) is 6. The van der Waals surface area contributed by atoms with Gasteiger partial charge in [-0.1, -0.05) is 6.42 Å². The first-order valence-corrected chi connectivity index (χ1v) is 8.66. The minimum absolute atomic E-state index is 0.229. The fraction of sp³-hybridized carbons (Fsp3) is 0.643. The molecule has 1 fully saturated rings. The molecular formula is C14H21N5O2S. The van der Waals surface area contributed by atoms with E-state index in [1.807, 2.05) is 26.8 Å². The average Bonchev–Trinajstić information content (AvgIpc) is 2.34. The fourth-order valence-electron chi connectivity index (χ4n) is 2.37. The van der Waals surface area contributed by atoms with Crippen LogP contribution in [0.4, 0.5) is 5.95 Å². The molecule has 120 valence electrons. The van der Waals surface area contributed by atoms with E-state index in [4.69, 9.17) is 5.26 Å². The average molecular weight is 323 g/mol. The van der Waals surface area contributed by atoms with Crippen molar-refractivity contribution in [2.24, 2.45) is 0 Å². The number of rotatable bonds is 5. The first-order valence-electron chi connectivity index (χ1n) is 7.18. The quantitative estimate of drug-likeness (QED) is 0.848. The zero-order valence-corrected chi connectivity index (χ0v) is 13.9. The molecule has 2 N–H and O–H groups in total. The van der Waals surface area contributed by atoms with Crippen LogP contribution in [0.5, 0.6) is 0 Å². The molecule has 0 aliphatic heterocycles. The van der Waals surface area contributed by atoms with Gasteiger partial charge in [-0.15, -0.1) is 0 Å². The highest BCUT2D eigenvalue weighted by Crippen LogP contribution is 2.39. The third-order valence-corrected chi connectivity index (χ3v) is 6.19. The van der Waals surface area contributed by atoms with Gasteiger partial charge < -0.3 is 5.32 Å². The van der Waals surface area contributed by atoms with E-state index < -0.39 is 20.3 Å². The van der Waals surface area contributed by atoms with Crippen molar-refractivity contribution in [1.29, 1.82) is 5.26 Å². The van der Waals surface area contributed by atoms with E-state index in [9.17, 15) is 8.42 Å². The summed E-state index contributed by atoms with van der Waals surface area (Å²) in [5.74, 6) is 0.274. The van der Waals surface area contributed by atoms with E-state index in [1.54, 1.807) is 0 Å². The number of nitriles is 1. The molecule has 1 aromatic heterocycles. The highest BCUT2D eigenvalue weighted by molar-refractivity contribution is 7.91. The van der Waals surface area contributed by atoms with Crippen molar-refractivity contribution in [2.75, 3.05) is 11.9 Å². The summed E-state index contributed by atoms with van der Waals surface area (Å²) in [5.41, 5.74) is -0.269. The molecule has 1 heterocycles. The minimum atomic E-state index is -3.46. The molecule has 0 bridgehead atoms. The van der Waals surface area contributed by atoms with Crippen molar-refractivity contribution in [3.8, 4) is 6.07 Å². The zero-order valence-electron chi connectivity index (χ0n) is 13.0. The molecule has 0 atom stereocenters. The monoisotopic (exact) mass is 323 g/mol. The molecule has 1 aliphatic rings. The van der Waals surface area contributed by atoms with Gasteiger partial charge in [0.15, 0.2) is 0 Å². The van der Waals surface area contributed by atoms with Gasteiger partial charge in [0.2, 0.25) is 16.0 Å². The standard InChI is InChI=1S/C14H21N5O2S/c1-13(2,3)19-22(20,21)14(6-4-7-14)10-17-12-16-8-5-11(9-15)18-12/h5,8,19H,4,6-7,10H2,1-3H3,(H,16,17,18). The molecule has 2 rings (SSSR count). The van der Waals surface area contributed by atoms with Gasteiger partial charge in [0.25, 0.3) is 0 Å². The third kappa shape index (κ3) is 3.54. The summed E-state index contributed by atoms with van der Waals surface area (Å²) < 4.78 is 27.2. The molecule has 1 aliphatic carbocycles. The summed E-state index contributed by atoms with van der Waals surface area (Å²) in [6.07, 6.45) is 3.56. The Morgan fingerprint density at radius 1 is 1.41 bits per heavy atom. The Bertz CT molecular complexity index is 684. The van der Waals surface area contributed by atoms with Crippen LogP contribution in [0, 0.1) is 11.3 Å². The maximum atomic E-state index is 12.7. The number of nitrogens with zero attached hydrogens (tertiary/aromatic N) is 3. The van der Waals surface area contributed by atoms with E-state index in [0.717, 1.165) is 6.42 Å². The Balaban J connectivity index is 2.13. The first kappa shape index (κ1) is 16.6. The summed E-state index contributed by atoms with van der Waals surface area (Å²) in [6.45, 7) is 5.70. The lowest BCUT2D eigenvalue weighted by Gasteiger charge is -2.42. The van der Waals surface area contributed by atoms with E-state index in [-0.39, 0.29) is 18.2 Å². The van der Waals surface area contributed by atoms with Crippen molar-refractivity contribution < 1.29 is 8.42 Å². The maximum absolute atomic E-state index is 12.7. The number of hydrogen-bond donors (Lipinski definition) is 2. The summed E-state index contributed by atoms with van der Waals surface area (Å²) >= 11 is 0. The van der Waals surface area contributed by atoms with Crippen molar-refractivity contribution in [3.63, 3.8) is 0 Å². The van der Waals surface area contributed by atoms with Crippen LogP contribution in [0.3, 0.4) is 0 Å². The van der Waals surface area contributed by atoms with Crippen LogP contribution in [-0.2, 0) is 10.0 Å². The van der Waals surface area contributed by atoms with E-state index in [2.05, 4.69) is 20.0 Å². The van der Waals surface area contributed by atoms with Gasteiger partial charge in [-0.2, -0.15) is 5.26 Å². The van der Waals surface area contributed by atoms with Gasteiger partial charge in [0.1, 0.15) is 16.5 Å². The second-order valence-electron chi connectivity index (χ2n) is 6.62. The van der Waals surface area contributed by atoms with Crippen LogP contribution >= 0.6 is 0 Å². The number of aromatic nitrogens is 2. The molecule has 1 aromatic rings. The molecule has 8 heteroatoms. The van der Waals surface area contributed by atoms with E-state index >= 15 is 0 Å². The number of anilines is 1. The molecule has 0 aromatic carbocycles. The second kappa shape index (κ2) is 5.82. The largest absolute Gasteiger partial charge is 0.353 e. The van der Waals surface area contributed by atoms with Crippen LogP contribution in [0.15, 0.2) is 12.3 Å². The highest BCUT2D eigenvalue weighted by atomic mass is 32.2. The smallest absolute Gasteiger partial charge is 0.223 e. The number of sulfonamides is 1. The fourth-order valence-corrected chi connectivity index (χ4v) is 4.48. The Morgan fingerprint density at radius 2 is 2.09 bits per heavy atom. The SMILES string of the molecule is CC(C)(C)NS(=O)(=O)C1(CNc2nccc(C#N)n2)CCC1. The predicted molar refractivity (Wildman–Crippen MR) is 83.6 cm³/mol. The second-order valence-corrected chi connectivity index (χ2v) is 8.70. The van der Waals surface area contributed by atoms with Crippen molar-refractivity contribution >= 4 is 16.0 Å². The van der Waals surface area contributed by atoms with Gasteiger partial charge in [0.05, 0.1) is 0 Å². The van der Waals surface area contributed by atoms with Crippen LogP contribution < -0.4 is 10.0 Å². The third-order valence-electron chi connectivity index (χ3n) is 3.61. The lowest BCUT2D eigenvalue weighted by atomic mass is 9.84. The van der Waals surface area contributed by atoms with Gasteiger partial charge in [-0.3, -0.25) is 0 Å². The minimum Gasteiger partial charge on any atom is -0.353 e. The van der Waals surface area contributed by atoms with Crippen molar-refractivity contribution in [1.82, 2.24) is 14.7 Å². The molecule has 0 unspecified atom stereocenters. The van der Waals surface area contributed by atoms with Gasteiger partial charge in [-0.05, 0) is 39.7 Å². The molecule has 0 saturated heterocycles. The lowest BCUT2D eigenvalue weighted by Crippen LogP contribution is -2.58. The van der Waals surface area contributed by atoms with Crippen LogP contribution in [0.1, 0.15) is 45.7 Å². The molecule has 0 spiro atoms. The molecule has 22 heavy (non-hydrogen) atoms. The molecule has 7 nitrogen and oxygen atoms in total. The number of nitrogens with one attached hydrogen (secondary N) is 2. The van der Waals surface area contributed by atoms with E-state index in [0.29, 0.717) is 12.8 Å². The van der Waals surface area contributed by atoms with Crippen LogP contribution in [-0.4, -0.2) is 35.2 Å². The van der Waals surface area contributed by atoms with Crippen LogP contribution in [0.25, 0.3) is 0 Å². The van der Waals surface area contributed by atoms with E-state index in [1.165, 1.54) is 12.3 Å². The Morgan fingerprint density at radius 3 is 2.59 bits per heavy atom. The normalized spacial score (nSPS) is 17.4. The zero-order chi connectivity index (χ0) is 16.4. The van der Waals surface area contributed by atoms with Crippen molar-refractivity contribution in [3.05, 3.63) is 18.0 Å². The first-order chi connectivity index (χ1) is 10.2. The predicted octanol–water partition coefficient (Wildman–Crippen LogP) is 1.40. The summed E-state index contributed by atoms with van der Waals surface area (Å²) in [4.78, 5) is 8.03. The van der Waals surface area contributed by atoms with Gasteiger partial charge in [-0.25, -0.2) is 23.1 Å². The summed E-state index contributed by atoms with van der Waals surface area (Å²) in [5, 5.41) is 11.8. The Kier molecular flexibility index (Phi) is 4.40. The van der Waals surface area contributed by atoms with Gasteiger partial charge >= 0.3 is 0 Å². The van der Waals surface area contributed by atoms with Crippen LogP contribution in [0.2, 0.25) is 0 Å². The van der Waals surface area contributed by atoms with Crippen molar-refractivity contribution in [2.45, 2.75) is 50.3 Å². The summed E-state index contributed by atoms with van der Waals surface area (Å²) in [7, 11) is -3.46. The lowest BCUT2D eigenvalue weighted by molar-refractivity contribution is 0.339. The maximum Gasteiger partial charge on any atom is 0.223 e. The molecule has 0 radical (unpaired) electrons.